The molecule has 2 aromatic rings. The van der Waals surface area contributed by atoms with Crippen molar-refractivity contribution in [3.63, 3.8) is 0 Å². The van der Waals surface area contributed by atoms with Gasteiger partial charge in [-0.1, -0.05) is 60.7 Å². The van der Waals surface area contributed by atoms with Gasteiger partial charge in [-0.3, -0.25) is 0 Å². The second-order valence-corrected chi connectivity index (χ2v) is 4.10. The minimum atomic E-state index is 0.408. The molecular formula is C16H16O. The minimum absolute atomic E-state index is 0.408. The number of aromatic hydroxyl groups is 1. The summed E-state index contributed by atoms with van der Waals surface area (Å²) in [5.74, 6) is 0.408. The highest BCUT2D eigenvalue weighted by Gasteiger charge is 2.00. The largest absolute Gasteiger partial charge is 0.507 e. The van der Waals surface area contributed by atoms with E-state index >= 15 is 0 Å². The van der Waals surface area contributed by atoms with Gasteiger partial charge in [0.25, 0.3) is 0 Å². The minimum Gasteiger partial charge on any atom is -0.507 e. The molecule has 1 nitrogen and oxygen atoms in total. The molecule has 0 amide bonds. The van der Waals surface area contributed by atoms with E-state index in [-0.39, 0.29) is 0 Å². The van der Waals surface area contributed by atoms with Crippen LogP contribution in [0.5, 0.6) is 5.75 Å². The topological polar surface area (TPSA) is 20.2 Å². The van der Waals surface area contributed by atoms with E-state index in [0.717, 1.165) is 17.5 Å². The average molecular weight is 224 g/mol. The Morgan fingerprint density at radius 3 is 2.53 bits per heavy atom. The predicted molar refractivity (Wildman–Crippen MR) is 72.0 cm³/mol. The van der Waals surface area contributed by atoms with E-state index in [0.29, 0.717) is 5.75 Å². The molecule has 0 spiro atoms. The summed E-state index contributed by atoms with van der Waals surface area (Å²) in [7, 11) is 0. The van der Waals surface area contributed by atoms with Crippen LogP contribution in [0.4, 0.5) is 0 Å². The van der Waals surface area contributed by atoms with Crippen molar-refractivity contribution in [1.29, 1.82) is 0 Å². The van der Waals surface area contributed by atoms with Gasteiger partial charge in [-0.05, 0) is 30.0 Å². The molecular weight excluding hydrogens is 208 g/mol. The number of phenolic OH excluding ortho intramolecular Hbond substituents is 1. The van der Waals surface area contributed by atoms with E-state index in [4.69, 9.17) is 0 Å². The third kappa shape index (κ3) is 2.97. The number of allylic oxidation sites excluding steroid dienone is 1. The maximum absolute atomic E-state index is 9.86. The predicted octanol–water partition coefficient (Wildman–Crippen LogP) is 3.96. The Balaban J connectivity index is 2.08. The number of benzene rings is 2. The van der Waals surface area contributed by atoms with E-state index in [2.05, 4.69) is 24.3 Å². The molecule has 0 fully saturated rings. The molecule has 1 N–H and O–H groups in total. The van der Waals surface area contributed by atoms with Crippen molar-refractivity contribution in [3.05, 3.63) is 71.3 Å². The van der Waals surface area contributed by atoms with Crippen LogP contribution in [0.2, 0.25) is 0 Å². The molecule has 0 saturated heterocycles. The fourth-order valence-electron chi connectivity index (χ4n) is 1.77. The van der Waals surface area contributed by atoms with Crippen molar-refractivity contribution in [2.45, 2.75) is 13.3 Å². The van der Waals surface area contributed by atoms with E-state index < -0.39 is 0 Å². The van der Waals surface area contributed by atoms with Crippen molar-refractivity contribution >= 4 is 6.08 Å². The van der Waals surface area contributed by atoms with Gasteiger partial charge >= 0.3 is 0 Å². The Labute approximate surface area is 102 Å². The molecule has 0 aliphatic rings. The molecule has 0 radical (unpaired) electrons. The Kier molecular flexibility index (Phi) is 3.61. The first kappa shape index (κ1) is 11.5. The Morgan fingerprint density at radius 2 is 1.76 bits per heavy atom. The molecule has 86 valence electrons. The Morgan fingerprint density at radius 1 is 1.00 bits per heavy atom. The smallest absolute Gasteiger partial charge is 0.121 e. The first-order chi connectivity index (χ1) is 8.27. The first-order valence-electron chi connectivity index (χ1n) is 5.76. The van der Waals surface area contributed by atoms with E-state index in [1.54, 1.807) is 0 Å². The number of para-hydroxylation sites is 1. The standard InChI is InChI=1S/C16H16O/c1-13-7-5-11-15(16(13)17)12-6-10-14-8-3-2-4-9-14/h2-11,17H,12H2,1H3. The molecule has 0 saturated carbocycles. The highest BCUT2D eigenvalue weighted by Crippen LogP contribution is 2.22. The van der Waals surface area contributed by atoms with Gasteiger partial charge < -0.3 is 5.11 Å². The maximum Gasteiger partial charge on any atom is 0.121 e. The van der Waals surface area contributed by atoms with Gasteiger partial charge in [-0.2, -0.15) is 0 Å². The highest BCUT2D eigenvalue weighted by molar-refractivity contribution is 5.50. The van der Waals surface area contributed by atoms with E-state index in [1.807, 2.05) is 43.3 Å². The summed E-state index contributed by atoms with van der Waals surface area (Å²) < 4.78 is 0. The van der Waals surface area contributed by atoms with Crippen LogP contribution >= 0.6 is 0 Å². The second kappa shape index (κ2) is 5.35. The molecule has 0 atom stereocenters. The van der Waals surface area contributed by atoms with Crippen LogP contribution in [0.1, 0.15) is 16.7 Å². The van der Waals surface area contributed by atoms with Crippen LogP contribution in [0.3, 0.4) is 0 Å². The lowest BCUT2D eigenvalue weighted by molar-refractivity contribution is 0.465. The summed E-state index contributed by atoms with van der Waals surface area (Å²) >= 11 is 0. The molecule has 0 aromatic heterocycles. The van der Waals surface area contributed by atoms with Crippen molar-refractivity contribution < 1.29 is 5.11 Å². The van der Waals surface area contributed by atoms with Gasteiger partial charge in [0.1, 0.15) is 5.75 Å². The van der Waals surface area contributed by atoms with Gasteiger partial charge in [-0.25, -0.2) is 0 Å². The highest BCUT2D eigenvalue weighted by atomic mass is 16.3. The Bertz CT molecular complexity index is 512. The monoisotopic (exact) mass is 224 g/mol. The van der Waals surface area contributed by atoms with Crippen LogP contribution in [-0.4, -0.2) is 5.11 Å². The van der Waals surface area contributed by atoms with Gasteiger partial charge in [0.05, 0.1) is 0 Å². The quantitative estimate of drug-likeness (QED) is 0.836. The van der Waals surface area contributed by atoms with Crippen LogP contribution in [0, 0.1) is 6.92 Å². The van der Waals surface area contributed by atoms with Crippen LogP contribution in [0.15, 0.2) is 54.6 Å². The summed E-state index contributed by atoms with van der Waals surface area (Å²) in [4.78, 5) is 0. The number of hydrogen-bond acceptors (Lipinski definition) is 1. The average Bonchev–Trinajstić information content (AvgIpc) is 2.36. The lowest BCUT2D eigenvalue weighted by atomic mass is 10.1. The van der Waals surface area contributed by atoms with Crippen molar-refractivity contribution in [1.82, 2.24) is 0 Å². The number of rotatable bonds is 3. The fourth-order valence-corrected chi connectivity index (χ4v) is 1.77. The molecule has 0 heterocycles. The van der Waals surface area contributed by atoms with E-state index in [1.165, 1.54) is 5.56 Å². The zero-order valence-electron chi connectivity index (χ0n) is 9.93. The Hall–Kier alpha value is -2.02. The summed E-state index contributed by atoms with van der Waals surface area (Å²) in [6, 6.07) is 16.0. The molecule has 2 aromatic carbocycles. The summed E-state index contributed by atoms with van der Waals surface area (Å²) in [5, 5.41) is 9.86. The first-order valence-corrected chi connectivity index (χ1v) is 5.76. The van der Waals surface area contributed by atoms with Crippen molar-refractivity contribution in [2.24, 2.45) is 0 Å². The van der Waals surface area contributed by atoms with Crippen LogP contribution in [-0.2, 0) is 6.42 Å². The number of aryl methyl sites for hydroxylation is 1. The third-order valence-electron chi connectivity index (χ3n) is 2.77. The van der Waals surface area contributed by atoms with Gasteiger partial charge in [0.2, 0.25) is 0 Å². The van der Waals surface area contributed by atoms with Crippen molar-refractivity contribution in [2.75, 3.05) is 0 Å². The lowest BCUT2D eigenvalue weighted by Gasteiger charge is -2.03. The third-order valence-corrected chi connectivity index (χ3v) is 2.77. The molecule has 0 aliphatic heterocycles. The fraction of sp³-hybridized carbons (Fsp3) is 0.125. The molecule has 0 aliphatic carbocycles. The molecule has 17 heavy (non-hydrogen) atoms. The lowest BCUT2D eigenvalue weighted by Crippen LogP contribution is -1.84. The zero-order valence-corrected chi connectivity index (χ0v) is 9.93. The summed E-state index contributed by atoms with van der Waals surface area (Å²) in [6.45, 7) is 1.92. The molecule has 0 unspecified atom stereocenters. The van der Waals surface area contributed by atoms with Gasteiger partial charge in [0, 0.05) is 0 Å². The number of hydrogen-bond donors (Lipinski definition) is 1. The van der Waals surface area contributed by atoms with Crippen molar-refractivity contribution in [3.8, 4) is 5.75 Å². The van der Waals surface area contributed by atoms with Gasteiger partial charge in [-0.15, -0.1) is 0 Å². The SMILES string of the molecule is Cc1cccc(CC=Cc2ccccc2)c1O. The van der Waals surface area contributed by atoms with E-state index in [9.17, 15) is 5.11 Å². The molecule has 1 heteroatoms. The molecule has 2 rings (SSSR count). The molecule has 0 bridgehead atoms. The number of phenols is 1. The summed E-state index contributed by atoms with van der Waals surface area (Å²) in [5.41, 5.74) is 3.08. The second-order valence-electron chi connectivity index (χ2n) is 4.10. The normalized spacial score (nSPS) is 10.9. The van der Waals surface area contributed by atoms with Crippen LogP contribution in [0.25, 0.3) is 6.08 Å². The maximum atomic E-state index is 9.86. The van der Waals surface area contributed by atoms with Gasteiger partial charge in [0.15, 0.2) is 0 Å². The van der Waals surface area contributed by atoms with Crippen LogP contribution < -0.4 is 0 Å². The zero-order chi connectivity index (χ0) is 12.1. The summed E-state index contributed by atoms with van der Waals surface area (Å²) in [6.07, 6.45) is 4.90.